The summed E-state index contributed by atoms with van der Waals surface area (Å²) in [6.07, 6.45) is 2.57. The first kappa shape index (κ1) is 18.6. The number of hydrogen-bond donors (Lipinski definition) is 1. The number of hydrogen-bond acceptors (Lipinski definition) is 5. The Hall–Kier alpha value is -2.23. The topological polar surface area (TPSA) is 93.5 Å². The Morgan fingerprint density at radius 2 is 2.12 bits per heavy atom. The summed E-state index contributed by atoms with van der Waals surface area (Å²) >= 11 is 0. The van der Waals surface area contributed by atoms with Crippen LogP contribution in [0.2, 0.25) is 0 Å². The third kappa shape index (κ3) is 4.29. The van der Waals surface area contributed by atoms with Gasteiger partial charge in [-0.2, -0.15) is 9.40 Å². The first-order valence-electron chi connectivity index (χ1n) is 8.37. The van der Waals surface area contributed by atoms with Crippen molar-refractivity contribution in [1.82, 2.24) is 14.1 Å². The van der Waals surface area contributed by atoms with Crippen molar-refractivity contribution in [3.8, 4) is 0 Å². The zero-order valence-electron chi connectivity index (χ0n) is 14.5. The largest absolute Gasteiger partial charge is 0.381 e. The van der Waals surface area contributed by atoms with E-state index in [0.717, 1.165) is 17.3 Å². The molecular formula is C17H22N4O4S. The molecule has 26 heavy (non-hydrogen) atoms. The molecule has 1 aromatic heterocycles. The van der Waals surface area contributed by atoms with E-state index in [0.29, 0.717) is 24.9 Å². The minimum atomic E-state index is -3.71. The van der Waals surface area contributed by atoms with Gasteiger partial charge in [-0.25, -0.2) is 13.1 Å². The molecule has 1 aromatic carbocycles. The molecule has 1 fully saturated rings. The van der Waals surface area contributed by atoms with Crippen LogP contribution in [-0.2, 0) is 26.1 Å². The van der Waals surface area contributed by atoms with Crippen molar-refractivity contribution < 1.29 is 17.9 Å². The molecule has 0 bridgehead atoms. The second-order valence-corrected chi connectivity index (χ2v) is 8.30. The Bertz CT molecular complexity index is 845. The highest BCUT2D eigenvalue weighted by Gasteiger charge is 2.23. The summed E-state index contributed by atoms with van der Waals surface area (Å²) in [7, 11) is -2.32. The maximum atomic E-state index is 12.5. The predicted molar refractivity (Wildman–Crippen MR) is 96.0 cm³/mol. The van der Waals surface area contributed by atoms with Crippen molar-refractivity contribution in [2.75, 3.05) is 32.1 Å². The number of benzene rings is 1. The van der Waals surface area contributed by atoms with E-state index in [1.807, 2.05) is 0 Å². The smallest absolute Gasteiger partial charge is 0.243 e. The Balaban J connectivity index is 1.61. The van der Waals surface area contributed by atoms with Gasteiger partial charge in [0.1, 0.15) is 5.82 Å². The molecule has 0 radical (unpaired) electrons. The zero-order chi connectivity index (χ0) is 18.6. The fourth-order valence-corrected chi connectivity index (χ4v) is 3.95. The second-order valence-electron chi connectivity index (χ2n) is 6.25. The third-order valence-electron chi connectivity index (χ3n) is 4.26. The van der Waals surface area contributed by atoms with E-state index in [4.69, 9.17) is 4.74 Å². The summed E-state index contributed by atoms with van der Waals surface area (Å²) in [4.78, 5) is 12.5. The summed E-state index contributed by atoms with van der Waals surface area (Å²) in [6, 6.07) is 9.73. The molecule has 0 saturated carbocycles. The van der Waals surface area contributed by atoms with Gasteiger partial charge in [-0.3, -0.25) is 4.79 Å². The number of sulfonamides is 1. The molecule has 1 aliphatic rings. The van der Waals surface area contributed by atoms with Gasteiger partial charge in [0.15, 0.2) is 0 Å². The molecule has 1 amide bonds. The molecule has 1 atom stereocenters. The molecule has 1 unspecified atom stereocenters. The summed E-state index contributed by atoms with van der Waals surface area (Å²) in [5.74, 6) is 0.496. The minimum absolute atomic E-state index is 0.154. The molecular weight excluding hydrogens is 356 g/mol. The van der Waals surface area contributed by atoms with Crippen LogP contribution >= 0.6 is 0 Å². The Morgan fingerprint density at radius 3 is 2.81 bits per heavy atom. The molecule has 8 nitrogen and oxygen atoms in total. The molecule has 2 aromatic rings. The summed E-state index contributed by atoms with van der Waals surface area (Å²) in [5, 5.41) is 6.96. The van der Waals surface area contributed by atoms with Crippen molar-refractivity contribution in [3.05, 3.63) is 42.6 Å². The number of anilines is 1. The standard InChI is InChI=1S/C17H22N4O4S/c1-20(26(23,24)15-5-3-2-4-6-15)12-17(22)19-16-7-9-18-21(16)11-14-8-10-25-13-14/h2-7,9,14H,8,10-13H2,1H3,(H,19,22). The van der Waals surface area contributed by atoms with Gasteiger partial charge in [-0.15, -0.1) is 0 Å². The lowest BCUT2D eigenvalue weighted by Gasteiger charge is -2.17. The lowest BCUT2D eigenvalue weighted by atomic mass is 10.1. The van der Waals surface area contributed by atoms with Crippen LogP contribution in [0.25, 0.3) is 0 Å². The van der Waals surface area contributed by atoms with E-state index in [1.54, 1.807) is 35.1 Å². The Morgan fingerprint density at radius 1 is 1.35 bits per heavy atom. The number of rotatable bonds is 7. The number of ether oxygens (including phenoxy) is 1. The summed E-state index contributed by atoms with van der Waals surface area (Å²) in [6.45, 7) is 1.80. The molecule has 0 aliphatic carbocycles. The van der Waals surface area contributed by atoms with Crippen LogP contribution in [0.3, 0.4) is 0 Å². The van der Waals surface area contributed by atoms with Crippen molar-refractivity contribution >= 4 is 21.7 Å². The molecule has 140 valence electrons. The zero-order valence-corrected chi connectivity index (χ0v) is 15.4. The van der Waals surface area contributed by atoms with Gasteiger partial charge >= 0.3 is 0 Å². The number of nitrogens with one attached hydrogen (secondary N) is 1. The summed E-state index contributed by atoms with van der Waals surface area (Å²) in [5.41, 5.74) is 0. The van der Waals surface area contributed by atoms with Gasteiger partial charge in [0.25, 0.3) is 0 Å². The van der Waals surface area contributed by atoms with Gasteiger partial charge in [0, 0.05) is 32.2 Å². The average Bonchev–Trinajstić information content (AvgIpc) is 3.28. The maximum Gasteiger partial charge on any atom is 0.243 e. The van der Waals surface area contributed by atoms with Gasteiger partial charge in [0.2, 0.25) is 15.9 Å². The molecule has 1 N–H and O–H groups in total. The minimum Gasteiger partial charge on any atom is -0.381 e. The van der Waals surface area contributed by atoms with E-state index >= 15 is 0 Å². The lowest BCUT2D eigenvalue weighted by Crippen LogP contribution is -2.35. The highest BCUT2D eigenvalue weighted by atomic mass is 32.2. The van der Waals surface area contributed by atoms with E-state index in [-0.39, 0.29) is 11.4 Å². The third-order valence-corrected chi connectivity index (χ3v) is 6.07. The highest BCUT2D eigenvalue weighted by molar-refractivity contribution is 7.89. The molecule has 0 spiro atoms. The van der Waals surface area contributed by atoms with Gasteiger partial charge < -0.3 is 10.1 Å². The Labute approximate surface area is 152 Å². The van der Waals surface area contributed by atoms with E-state index in [1.165, 1.54) is 19.2 Å². The van der Waals surface area contributed by atoms with Crippen molar-refractivity contribution in [2.24, 2.45) is 5.92 Å². The van der Waals surface area contributed by atoms with Gasteiger partial charge in [-0.05, 0) is 18.6 Å². The normalized spacial score (nSPS) is 17.5. The molecule has 1 saturated heterocycles. The van der Waals surface area contributed by atoms with Gasteiger partial charge in [0.05, 0.1) is 24.2 Å². The molecule has 9 heteroatoms. The molecule has 2 heterocycles. The second kappa shape index (κ2) is 7.98. The maximum absolute atomic E-state index is 12.5. The fourth-order valence-electron chi connectivity index (χ4n) is 2.80. The van der Waals surface area contributed by atoms with Crippen LogP contribution in [-0.4, -0.2) is 55.2 Å². The van der Waals surface area contributed by atoms with E-state index in [9.17, 15) is 13.2 Å². The number of aromatic nitrogens is 2. The lowest BCUT2D eigenvalue weighted by molar-refractivity contribution is -0.116. The number of likely N-dealkylation sites (N-methyl/N-ethyl adjacent to an activating group) is 1. The fraction of sp³-hybridized carbons (Fsp3) is 0.412. The average molecular weight is 378 g/mol. The van der Waals surface area contributed by atoms with Crippen molar-refractivity contribution in [2.45, 2.75) is 17.9 Å². The number of carbonyl (C=O) groups excluding carboxylic acids is 1. The van der Waals surface area contributed by atoms with Crippen LogP contribution in [0.1, 0.15) is 6.42 Å². The molecule has 1 aliphatic heterocycles. The van der Waals surface area contributed by atoms with Crippen LogP contribution in [0.5, 0.6) is 0 Å². The van der Waals surface area contributed by atoms with Crippen LogP contribution in [0.4, 0.5) is 5.82 Å². The van der Waals surface area contributed by atoms with E-state index < -0.39 is 15.9 Å². The molecule has 3 rings (SSSR count). The predicted octanol–water partition coefficient (Wildman–Crippen LogP) is 1.18. The van der Waals surface area contributed by atoms with Gasteiger partial charge in [-0.1, -0.05) is 18.2 Å². The van der Waals surface area contributed by atoms with Crippen LogP contribution in [0.15, 0.2) is 47.5 Å². The highest BCUT2D eigenvalue weighted by Crippen LogP contribution is 2.18. The van der Waals surface area contributed by atoms with Crippen molar-refractivity contribution in [1.29, 1.82) is 0 Å². The number of carbonyl (C=O) groups is 1. The van der Waals surface area contributed by atoms with Crippen LogP contribution in [0, 0.1) is 5.92 Å². The SMILES string of the molecule is CN(CC(=O)Nc1ccnn1CC1CCOC1)S(=O)(=O)c1ccccc1. The summed E-state index contributed by atoms with van der Waals surface area (Å²) < 4.78 is 33.1. The van der Waals surface area contributed by atoms with Crippen molar-refractivity contribution in [3.63, 3.8) is 0 Å². The number of amides is 1. The first-order chi connectivity index (χ1) is 12.5. The quantitative estimate of drug-likeness (QED) is 0.781. The number of nitrogens with zero attached hydrogens (tertiary/aromatic N) is 3. The van der Waals surface area contributed by atoms with Crippen LogP contribution < -0.4 is 5.32 Å². The first-order valence-corrected chi connectivity index (χ1v) is 9.81. The monoisotopic (exact) mass is 378 g/mol. The van der Waals surface area contributed by atoms with E-state index in [2.05, 4.69) is 10.4 Å². The Kier molecular flexibility index (Phi) is 5.70.